The fourth-order valence-corrected chi connectivity index (χ4v) is 5.11. The smallest absolute Gasteiger partial charge is 0.137 e. The number of nitrogens with one attached hydrogen (secondary N) is 2. The van der Waals surface area contributed by atoms with Crippen LogP contribution in [0.2, 0.25) is 5.15 Å². The van der Waals surface area contributed by atoms with Crippen LogP contribution in [0.15, 0.2) is 36.7 Å². The van der Waals surface area contributed by atoms with Gasteiger partial charge in [-0.2, -0.15) is 0 Å². The summed E-state index contributed by atoms with van der Waals surface area (Å²) in [5, 5.41) is 5.25. The Balaban J connectivity index is 1.26. The molecule has 0 bridgehead atoms. The first-order chi connectivity index (χ1) is 14.7. The number of halogens is 1. The Morgan fingerprint density at radius 2 is 1.90 bits per heavy atom. The van der Waals surface area contributed by atoms with Gasteiger partial charge in [-0.1, -0.05) is 11.6 Å². The topological polar surface area (TPSA) is 60.1 Å². The van der Waals surface area contributed by atoms with E-state index >= 15 is 0 Å². The maximum atomic E-state index is 6.38. The summed E-state index contributed by atoms with van der Waals surface area (Å²) >= 11 is 6.38. The number of rotatable bonds is 4. The van der Waals surface area contributed by atoms with Crippen molar-refractivity contribution in [1.29, 1.82) is 0 Å². The molecule has 0 radical (unpaired) electrons. The number of pyridine rings is 2. The largest absolute Gasteiger partial charge is 0.367 e. The second kappa shape index (κ2) is 8.53. The van der Waals surface area contributed by atoms with E-state index in [1.807, 2.05) is 18.3 Å². The summed E-state index contributed by atoms with van der Waals surface area (Å²) < 4.78 is 0. The van der Waals surface area contributed by atoms with Gasteiger partial charge in [0.05, 0.1) is 0 Å². The molecule has 2 aliphatic rings. The minimum atomic E-state index is 0.441. The van der Waals surface area contributed by atoms with Crippen molar-refractivity contribution in [3.05, 3.63) is 41.8 Å². The Hall–Kier alpha value is -2.15. The lowest BCUT2D eigenvalue weighted by Gasteiger charge is -2.41. The highest BCUT2D eigenvalue weighted by atomic mass is 35.5. The molecule has 6 nitrogen and oxygen atoms in total. The van der Waals surface area contributed by atoms with Crippen LogP contribution in [0.3, 0.4) is 0 Å². The van der Waals surface area contributed by atoms with E-state index in [1.165, 1.54) is 25.9 Å². The van der Waals surface area contributed by atoms with Gasteiger partial charge in [-0.3, -0.25) is 0 Å². The zero-order chi connectivity index (χ0) is 20.5. The normalized spacial score (nSPS) is 20.1. The molecule has 158 valence electrons. The van der Waals surface area contributed by atoms with Crippen LogP contribution in [0.5, 0.6) is 0 Å². The number of hydrogen-bond donors (Lipinski definition) is 2. The number of hydrogen-bond acceptors (Lipinski definition) is 5. The molecule has 0 atom stereocenters. The Morgan fingerprint density at radius 3 is 2.70 bits per heavy atom. The van der Waals surface area contributed by atoms with Crippen molar-refractivity contribution in [2.24, 2.45) is 0 Å². The van der Waals surface area contributed by atoms with Gasteiger partial charge in [-0.05, 0) is 75.6 Å². The molecule has 7 heteroatoms. The second-order valence-corrected chi connectivity index (χ2v) is 9.04. The van der Waals surface area contributed by atoms with Gasteiger partial charge in [0.15, 0.2) is 0 Å². The maximum absolute atomic E-state index is 6.38. The van der Waals surface area contributed by atoms with Crippen LogP contribution >= 0.6 is 11.6 Å². The zero-order valence-electron chi connectivity index (χ0n) is 17.4. The average molecular weight is 425 g/mol. The SMILES string of the molecule is CN1CCC(N2CCC(Nc3cc(-c4c[nH]c5ncccc45)cc(Cl)n3)CC2)CC1. The van der Waals surface area contributed by atoms with Crippen molar-refractivity contribution in [3.63, 3.8) is 0 Å². The molecule has 3 aromatic heterocycles. The minimum Gasteiger partial charge on any atom is -0.367 e. The van der Waals surface area contributed by atoms with Crippen LogP contribution in [0.1, 0.15) is 25.7 Å². The van der Waals surface area contributed by atoms with E-state index in [2.05, 4.69) is 49.2 Å². The summed E-state index contributed by atoms with van der Waals surface area (Å²) in [4.78, 5) is 17.3. The monoisotopic (exact) mass is 424 g/mol. The van der Waals surface area contributed by atoms with Crippen LogP contribution in [0.25, 0.3) is 22.2 Å². The minimum absolute atomic E-state index is 0.441. The predicted octanol–water partition coefficient (Wildman–Crippen LogP) is 4.25. The van der Waals surface area contributed by atoms with Crippen molar-refractivity contribution in [2.75, 3.05) is 38.5 Å². The van der Waals surface area contributed by atoms with Crippen molar-refractivity contribution < 1.29 is 0 Å². The van der Waals surface area contributed by atoms with E-state index < -0.39 is 0 Å². The number of piperidine rings is 2. The molecule has 0 amide bonds. The van der Waals surface area contributed by atoms with Gasteiger partial charge < -0.3 is 20.1 Å². The number of H-pyrrole nitrogens is 1. The molecule has 30 heavy (non-hydrogen) atoms. The number of aromatic nitrogens is 3. The molecular weight excluding hydrogens is 396 g/mol. The zero-order valence-corrected chi connectivity index (χ0v) is 18.2. The third kappa shape index (κ3) is 4.17. The van der Waals surface area contributed by atoms with E-state index in [4.69, 9.17) is 11.6 Å². The fourth-order valence-electron chi connectivity index (χ4n) is 4.90. The molecule has 2 saturated heterocycles. The van der Waals surface area contributed by atoms with Crippen LogP contribution in [-0.4, -0.2) is 70.1 Å². The predicted molar refractivity (Wildman–Crippen MR) is 123 cm³/mol. The van der Waals surface area contributed by atoms with Gasteiger partial charge in [-0.15, -0.1) is 0 Å². The summed E-state index contributed by atoms with van der Waals surface area (Å²) in [6.45, 7) is 4.77. The van der Waals surface area contributed by atoms with Crippen LogP contribution in [-0.2, 0) is 0 Å². The summed E-state index contributed by atoms with van der Waals surface area (Å²) in [7, 11) is 2.23. The quantitative estimate of drug-likeness (QED) is 0.613. The van der Waals surface area contributed by atoms with Crippen molar-refractivity contribution in [3.8, 4) is 11.1 Å². The summed E-state index contributed by atoms with van der Waals surface area (Å²) in [5.74, 6) is 0.855. The molecule has 0 aliphatic carbocycles. The lowest BCUT2D eigenvalue weighted by atomic mass is 9.98. The van der Waals surface area contributed by atoms with E-state index in [9.17, 15) is 0 Å². The van der Waals surface area contributed by atoms with Gasteiger partial charge in [0, 0.05) is 48.5 Å². The Labute approximate surface area is 182 Å². The molecule has 0 spiro atoms. The summed E-state index contributed by atoms with van der Waals surface area (Å²) in [5.41, 5.74) is 3.04. The highest BCUT2D eigenvalue weighted by molar-refractivity contribution is 6.29. The molecule has 0 aromatic carbocycles. The van der Waals surface area contributed by atoms with E-state index in [0.717, 1.165) is 60.0 Å². The molecule has 0 saturated carbocycles. The molecule has 5 heterocycles. The first kappa shape index (κ1) is 19.8. The van der Waals surface area contributed by atoms with Crippen LogP contribution in [0.4, 0.5) is 5.82 Å². The maximum Gasteiger partial charge on any atom is 0.137 e. The number of fused-ring (bicyclic) bond motifs is 1. The molecule has 2 fully saturated rings. The average Bonchev–Trinajstić information content (AvgIpc) is 3.19. The Bertz CT molecular complexity index is 1000. The van der Waals surface area contributed by atoms with Crippen molar-refractivity contribution in [1.82, 2.24) is 24.8 Å². The Morgan fingerprint density at radius 1 is 1.10 bits per heavy atom. The highest BCUT2D eigenvalue weighted by Gasteiger charge is 2.27. The molecule has 0 unspecified atom stereocenters. The first-order valence-electron chi connectivity index (χ1n) is 10.9. The van der Waals surface area contributed by atoms with Gasteiger partial charge in [0.2, 0.25) is 0 Å². The van der Waals surface area contributed by atoms with Crippen LogP contribution in [0, 0.1) is 0 Å². The van der Waals surface area contributed by atoms with Gasteiger partial charge in [-0.25, -0.2) is 9.97 Å². The van der Waals surface area contributed by atoms with Crippen molar-refractivity contribution >= 4 is 28.5 Å². The summed E-state index contributed by atoms with van der Waals surface area (Å²) in [6.07, 6.45) is 8.68. The van der Waals surface area contributed by atoms with E-state index in [1.54, 1.807) is 6.20 Å². The number of likely N-dealkylation sites (tertiary alicyclic amines) is 2. The highest BCUT2D eigenvalue weighted by Crippen LogP contribution is 2.31. The Kier molecular flexibility index (Phi) is 5.63. The van der Waals surface area contributed by atoms with Gasteiger partial charge in [0.25, 0.3) is 0 Å². The molecule has 2 N–H and O–H groups in total. The van der Waals surface area contributed by atoms with Gasteiger partial charge >= 0.3 is 0 Å². The molecule has 5 rings (SSSR count). The number of aromatic amines is 1. The molecular formula is C23H29ClN6. The lowest BCUT2D eigenvalue weighted by Crippen LogP contribution is -2.48. The summed E-state index contributed by atoms with van der Waals surface area (Å²) in [6, 6.07) is 9.26. The fraction of sp³-hybridized carbons (Fsp3) is 0.478. The van der Waals surface area contributed by atoms with Gasteiger partial charge in [0.1, 0.15) is 16.6 Å². The molecule has 3 aromatic rings. The second-order valence-electron chi connectivity index (χ2n) is 8.65. The molecule has 2 aliphatic heterocycles. The number of nitrogens with zero attached hydrogens (tertiary/aromatic N) is 4. The third-order valence-electron chi connectivity index (χ3n) is 6.64. The van der Waals surface area contributed by atoms with E-state index in [-0.39, 0.29) is 0 Å². The lowest BCUT2D eigenvalue weighted by molar-refractivity contribution is 0.0993. The first-order valence-corrected chi connectivity index (χ1v) is 11.3. The number of anilines is 1. The third-order valence-corrected chi connectivity index (χ3v) is 6.84. The van der Waals surface area contributed by atoms with Crippen LogP contribution < -0.4 is 5.32 Å². The van der Waals surface area contributed by atoms with E-state index in [0.29, 0.717) is 11.2 Å². The van der Waals surface area contributed by atoms with Crippen molar-refractivity contribution in [2.45, 2.75) is 37.8 Å². The standard InChI is InChI=1S/C23H29ClN6/c1-29-9-6-18(7-10-29)30-11-4-17(5-12-30)27-22-14-16(13-21(24)28-22)20-15-26-23-19(20)3-2-8-25-23/h2-3,8,13-15,17-18H,4-7,9-12H2,1H3,(H,25,26)(H,27,28).